The fraction of sp³-hybridized carbons (Fsp3) is 0.250. The van der Waals surface area contributed by atoms with Gasteiger partial charge in [-0.2, -0.15) is 0 Å². The molecular weight excluding hydrogens is 320 g/mol. The lowest BCUT2D eigenvalue weighted by atomic mass is 10.2. The molecule has 0 aliphatic carbocycles. The second-order valence-electron chi connectivity index (χ2n) is 3.71. The van der Waals surface area contributed by atoms with Gasteiger partial charge in [-0.25, -0.2) is 4.98 Å². The van der Waals surface area contributed by atoms with E-state index in [1.54, 1.807) is 11.3 Å². The van der Waals surface area contributed by atoms with Crippen LogP contribution in [0.5, 0.6) is 0 Å². The molecule has 0 unspecified atom stereocenters. The molecule has 17 heavy (non-hydrogen) atoms. The van der Waals surface area contributed by atoms with Gasteiger partial charge in [0.05, 0.1) is 17.7 Å². The molecule has 0 fully saturated rings. The van der Waals surface area contributed by atoms with Gasteiger partial charge in [-0.05, 0) is 12.1 Å². The van der Waals surface area contributed by atoms with Gasteiger partial charge >= 0.3 is 0 Å². The van der Waals surface area contributed by atoms with Crippen molar-refractivity contribution in [1.29, 1.82) is 0 Å². The van der Waals surface area contributed by atoms with Gasteiger partial charge in [-0.15, -0.1) is 11.3 Å². The van der Waals surface area contributed by atoms with E-state index < -0.39 is 0 Å². The summed E-state index contributed by atoms with van der Waals surface area (Å²) < 4.78 is 0. The van der Waals surface area contributed by atoms with Crippen molar-refractivity contribution in [2.24, 2.45) is 0 Å². The van der Waals surface area contributed by atoms with Crippen molar-refractivity contribution in [1.82, 2.24) is 4.98 Å². The molecular formula is C12H12BrClN2S. The van der Waals surface area contributed by atoms with Gasteiger partial charge in [-0.3, -0.25) is 0 Å². The van der Waals surface area contributed by atoms with Crippen molar-refractivity contribution in [3.63, 3.8) is 0 Å². The van der Waals surface area contributed by atoms with E-state index in [1.807, 2.05) is 17.6 Å². The van der Waals surface area contributed by atoms with E-state index in [0.717, 1.165) is 33.8 Å². The third-order valence-corrected chi connectivity index (χ3v) is 4.07. The summed E-state index contributed by atoms with van der Waals surface area (Å²) in [6, 6.07) is 5.97. The zero-order valence-corrected chi connectivity index (χ0v) is 12.5. The number of alkyl halides is 1. The zero-order valence-electron chi connectivity index (χ0n) is 9.36. The third kappa shape index (κ3) is 3.00. The molecule has 90 valence electrons. The van der Waals surface area contributed by atoms with Crippen molar-refractivity contribution in [2.75, 3.05) is 11.9 Å². The summed E-state index contributed by atoms with van der Waals surface area (Å²) in [5.74, 6) is 0. The largest absolute Gasteiger partial charge is 0.368 e. The average molecular weight is 332 g/mol. The fourth-order valence-electron chi connectivity index (χ4n) is 1.68. The molecule has 2 rings (SSSR count). The first kappa shape index (κ1) is 12.9. The minimum absolute atomic E-state index is 0.753. The number of rotatable bonds is 4. The van der Waals surface area contributed by atoms with Crippen molar-refractivity contribution in [3.05, 3.63) is 45.4 Å². The Morgan fingerprint density at radius 2 is 2.29 bits per heavy atom. The van der Waals surface area contributed by atoms with E-state index >= 15 is 0 Å². The normalized spacial score (nSPS) is 10.5. The van der Waals surface area contributed by atoms with E-state index in [-0.39, 0.29) is 0 Å². The van der Waals surface area contributed by atoms with Gasteiger partial charge in [0.15, 0.2) is 0 Å². The third-order valence-electron chi connectivity index (χ3n) is 2.52. The van der Waals surface area contributed by atoms with Crippen molar-refractivity contribution < 1.29 is 0 Å². The quantitative estimate of drug-likeness (QED) is 0.775. The minimum Gasteiger partial charge on any atom is -0.368 e. The van der Waals surface area contributed by atoms with Crippen LogP contribution in [0.2, 0.25) is 5.02 Å². The number of hydrogen-bond acceptors (Lipinski definition) is 3. The average Bonchev–Trinajstić information content (AvgIpc) is 2.81. The van der Waals surface area contributed by atoms with E-state index in [4.69, 9.17) is 11.6 Å². The van der Waals surface area contributed by atoms with Crippen LogP contribution in [0.15, 0.2) is 29.1 Å². The van der Waals surface area contributed by atoms with Crippen LogP contribution in [0.3, 0.4) is 0 Å². The Morgan fingerprint density at radius 1 is 1.47 bits per heavy atom. The maximum absolute atomic E-state index is 6.19. The lowest BCUT2D eigenvalue weighted by Gasteiger charge is -2.21. The number of halogens is 2. The fourth-order valence-corrected chi connectivity index (χ4v) is 3.22. The number of hydrogen-bond donors (Lipinski definition) is 0. The maximum Gasteiger partial charge on any atom is 0.0795 e. The monoisotopic (exact) mass is 330 g/mol. The standard InChI is InChI=1S/C12H12BrClN2S/c1-16(6-9-7-17-8-15-9)12-4-2-3-11(14)10(12)5-13/h2-4,7-8H,5-6H2,1H3. The Labute approximate surface area is 118 Å². The SMILES string of the molecule is CN(Cc1cscn1)c1cccc(Cl)c1CBr. The summed E-state index contributed by atoms with van der Waals surface area (Å²) >= 11 is 11.3. The smallest absolute Gasteiger partial charge is 0.0795 e. The Hall–Kier alpha value is -0.580. The summed E-state index contributed by atoms with van der Waals surface area (Å²) in [6.07, 6.45) is 0. The molecule has 0 spiro atoms. The van der Waals surface area contributed by atoms with Crippen LogP contribution in [-0.2, 0) is 11.9 Å². The molecule has 2 nitrogen and oxygen atoms in total. The number of aromatic nitrogens is 1. The molecule has 2 aromatic rings. The highest BCUT2D eigenvalue weighted by molar-refractivity contribution is 9.08. The van der Waals surface area contributed by atoms with Gasteiger partial charge in [0, 0.05) is 34.0 Å². The van der Waals surface area contributed by atoms with Crippen LogP contribution >= 0.6 is 38.9 Å². The molecule has 0 amide bonds. The maximum atomic E-state index is 6.19. The van der Waals surface area contributed by atoms with Crippen molar-refractivity contribution >= 4 is 44.6 Å². The van der Waals surface area contributed by atoms with E-state index in [9.17, 15) is 0 Å². The first-order valence-electron chi connectivity index (χ1n) is 5.14. The molecule has 1 heterocycles. The van der Waals surface area contributed by atoms with Crippen LogP contribution in [0.4, 0.5) is 5.69 Å². The molecule has 1 aromatic carbocycles. The van der Waals surface area contributed by atoms with Crippen molar-refractivity contribution in [2.45, 2.75) is 11.9 Å². The highest BCUT2D eigenvalue weighted by atomic mass is 79.9. The number of thiazole rings is 1. The molecule has 5 heteroatoms. The zero-order chi connectivity index (χ0) is 12.3. The van der Waals surface area contributed by atoms with Crippen LogP contribution in [0.25, 0.3) is 0 Å². The number of nitrogens with zero attached hydrogens (tertiary/aromatic N) is 2. The highest BCUT2D eigenvalue weighted by Crippen LogP contribution is 2.29. The topological polar surface area (TPSA) is 16.1 Å². The molecule has 0 radical (unpaired) electrons. The Morgan fingerprint density at radius 3 is 2.94 bits per heavy atom. The number of anilines is 1. The molecule has 0 atom stereocenters. The lowest BCUT2D eigenvalue weighted by molar-refractivity contribution is 0.890. The predicted octanol–water partition coefficient (Wildman–Crippen LogP) is 4.33. The number of benzene rings is 1. The Bertz CT molecular complexity index is 487. The second-order valence-corrected chi connectivity index (χ2v) is 5.39. The molecule has 1 aromatic heterocycles. The first-order chi connectivity index (χ1) is 8.22. The van der Waals surface area contributed by atoms with Gasteiger partial charge in [0.25, 0.3) is 0 Å². The minimum atomic E-state index is 0.753. The van der Waals surface area contributed by atoms with E-state index in [2.05, 4.69) is 44.3 Å². The molecule has 0 N–H and O–H groups in total. The summed E-state index contributed by atoms with van der Waals surface area (Å²) in [6.45, 7) is 0.795. The first-order valence-corrected chi connectivity index (χ1v) is 7.58. The van der Waals surface area contributed by atoms with Gasteiger partial charge < -0.3 is 4.90 Å². The van der Waals surface area contributed by atoms with Crippen LogP contribution in [0, 0.1) is 0 Å². The van der Waals surface area contributed by atoms with Crippen LogP contribution < -0.4 is 4.90 Å². The lowest BCUT2D eigenvalue weighted by Crippen LogP contribution is -2.18. The van der Waals surface area contributed by atoms with Gasteiger partial charge in [0.1, 0.15) is 0 Å². The predicted molar refractivity (Wildman–Crippen MR) is 78.3 cm³/mol. The summed E-state index contributed by atoms with van der Waals surface area (Å²) in [7, 11) is 2.05. The van der Waals surface area contributed by atoms with Gasteiger partial charge in [0.2, 0.25) is 0 Å². The van der Waals surface area contributed by atoms with Gasteiger partial charge in [-0.1, -0.05) is 33.6 Å². The van der Waals surface area contributed by atoms with Crippen LogP contribution in [0.1, 0.15) is 11.3 Å². The summed E-state index contributed by atoms with van der Waals surface area (Å²) in [5, 5.41) is 3.61. The Balaban J connectivity index is 2.24. The Kier molecular flexibility index (Phi) is 4.42. The molecule has 0 saturated carbocycles. The summed E-state index contributed by atoms with van der Waals surface area (Å²) in [5.41, 5.74) is 5.19. The highest BCUT2D eigenvalue weighted by Gasteiger charge is 2.10. The van der Waals surface area contributed by atoms with E-state index in [1.165, 1.54) is 0 Å². The van der Waals surface area contributed by atoms with Crippen molar-refractivity contribution in [3.8, 4) is 0 Å². The van der Waals surface area contributed by atoms with Crippen LogP contribution in [-0.4, -0.2) is 12.0 Å². The summed E-state index contributed by atoms with van der Waals surface area (Å²) in [4.78, 5) is 6.46. The molecule has 0 aliphatic heterocycles. The second kappa shape index (κ2) is 5.85. The van der Waals surface area contributed by atoms with E-state index in [0.29, 0.717) is 0 Å². The molecule has 0 bridgehead atoms. The molecule has 0 saturated heterocycles. The molecule has 0 aliphatic rings.